The fraction of sp³-hybridized carbons (Fsp3) is 0.167. The molecule has 2 rings (SSSR count). The molecule has 0 fully saturated rings. The highest BCUT2D eigenvalue weighted by molar-refractivity contribution is 6.17. The number of aryl methyl sites for hydroxylation is 1. The Morgan fingerprint density at radius 3 is 2.76 bits per heavy atom. The van der Waals surface area contributed by atoms with E-state index in [1.807, 2.05) is 0 Å². The van der Waals surface area contributed by atoms with Gasteiger partial charge in [-0.2, -0.15) is 4.98 Å². The van der Waals surface area contributed by atoms with E-state index in [1.54, 1.807) is 25.3 Å². The van der Waals surface area contributed by atoms with Gasteiger partial charge in [-0.05, 0) is 19.1 Å². The Morgan fingerprint density at radius 2 is 2.12 bits per heavy atom. The molecular formula is C12H10ClFN2O. The summed E-state index contributed by atoms with van der Waals surface area (Å²) in [5.41, 5.74) is 1.55. The molecule has 0 aliphatic carbocycles. The minimum absolute atomic E-state index is 0.102. The van der Waals surface area contributed by atoms with Crippen LogP contribution in [0.1, 0.15) is 11.3 Å². The second-order valence-corrected chi connectivity index (χ2v) is 3.70. The number of hydrogen-bond donors (Lipinski definition) is 0. The van der Waals surface area contributed by atoms with Gasteiger partial charge in [0.15, 0.2) is 11.6 Å². The quantitative estimate of drug-likeness (QED) is 0.785. The molecule has 0 aliphatic heterocycles. The minimum atomic E-state index is -0.449. The van der Waals surface area contributed by atoms with E-state index in [0.29, 0.717) is 5.88 Å². The number of para-hydroxylation sites is 1. The molecule has 1 heterocycles. The summed E-state index contributed by atoms with van der Waals surface area (Å²) in [5.74, 6) is -0.00748. The van der Waals surface area contributed by atoms with Crippen molar-refractivity contribution in [2.24, 2.45) is 0 Å². The Kier molecular flexibility index (Phi) is 3.54. The number of benzene rings is 1. The normalized spacial score (nSPS) is 10.3. The summed E-state index contributed by atoms with van der Waals surface area (Å²) >= 11 is 5.69. The molecule has 0 saturated heterocycles. The molecule has 0 atom stereocenters. The van der Waals surface area contributed by atoms with Gasteiger partial charge in [-0.15, -0.1) is 11.6 Å². The number of aromatic nitrogens is 2. The van der Waals surface area contributed by atoms with Gasteiger partial charge in [0.05, 0.1) is 5.88 Å². The Bertz CT molecular complexity index is 534. The standard InChI is InChI=1S/C12H10ClFN2O/c1-8-9(6-13)7-15-12(16-8)17-11-5-3-2-4-10(11)14/h2-5,7H,6H2,1H3. The largest absolute Gasteiger partial charge is 0.421 e. The topological polar surface area (TPSA) is 35.0 Å². The number of rotatable bonds is 3. The number of nitrogens with zero attached hydrogens (tertiary/aromatic N) is 2. The van der Waals surface area contributed by atoms with Crippen LogP contribution in [0.3, 0.4) is 0 Å². The van der Waals surface area contributed by atoms with E-state index >= 15 is 0 Å². The van der Waals surface area contributed by atoms with E-state index in [9.17, 15) is 4.39 Å². The van der Waals surface area contributed by atoms with Crippen LogP contribution in [0.25, 0.3) is 0 Å². The molecule has 0 amide bonds. The molecule has 1 aromatic heterocycles. The van der Waals surface area contributed by atoms with Crippen LogP contribution in [0.2, 0.25) is 0 Å². The summed E-state index contributed by atoms with van der Waals surface area (Å²) in [5, 5.41) is 0. The molecule has 88 valence electrons. The molecule has 1 aromatic carbocycles. The molecule has 0 N–H and O–H groups in total. The van der Waals surface area contributed by atoms with Gasteiger partial charge in [-0.3, -0.25) is 0 Å². The first-order valence-electron chi connectivity index (χ1n) is 5.01. The summed E-state index contributed by atoms with van der Waals surface area (Å²) in [6, 6.07) is 6.21. The maximum Gasteiger partial charge on any atom is 0.322 e. The van der Waals surface area contributed by atoms with E-state index in [2.05, 4.69) is 9.97 Å². The molecular weight excluding hydrogens is 243 g/mol. The average Bonchev–Trinajstić information content (AvgIpc) is 2.32. The highest BCUT2D eigenvalue weighted by Gasteiger charge is 2.07. The number of hydrogen-bond acceptors (Lipinski definition) is 3. The predicted octanol–water partition coefficient (Wildman–Crippen LogP) is 3.46. The minimum Gasteiger partial charge on any atom is -0.421 e. The maximum absolute atomic E-state index is 13.3. The molecule has 17 heavy (non-hydrogen) atoms. The highest BCUT2D eigenvalue weighted by atomic mass is 35.5. The van der Waals surface area contributed by atoms with Crippen molar-refractivity contribution in [3.8, 4) is 11.8 Å². The van der Waals surface area contributed by atoms with Gasteiger partial charge in [0.2, 0.25) is 0 Å². The van der Waals surface area contributed by atoms with E-state index in [-0.39, 0.29) is 11.8 Å². The molecule has 0 aliphatic rings. The van der Waals surface area contributed by atoms with E-state index in [0.717, 1.165) is 11.3 Å². The first-order chi connectivity index (χ1) is 8.20. The Balaban J connectivity index is 2.25. The summed E-state index contributed by atoms with van der Waals surface area (Å²) in [6.07, 6.45) is 1.57. The van der Waals surface area contributed by atoms with Gasteiger partial charge in [0, 0.05) is 17.5 Å². The first kappa shape index (κ1) is 11.8. The summed E-state index contributed by atoms with van der Waals surface area (Å²) in [7, 11) is 0. The van der Waals surface area contributed by atoms with Crippen molar-refractivity contribution in [2.75, 3.05) is 0 Å². The second-order valence-electron chi connectivity index (χ2n) is 3.43. The first-order valence-corrected chi connectivity index (χ1v) is 5.55. The molecule has 0 bridgehead atoms. The zero-order chi connectivity index (χ0) is 12.3. The lowest BCUT2D eigenvalue weighted by Gasteiger charge is -2.06. The molecule has 0 spiro atoms. The predicted molar refractivity (Wildman–Crippen MR) is 62.8 cm³/mol. The lowest BCUT2D eigenvalue weighted by molar-refractivity contribution is 0.409. The van der Waals surface area contributed by atoms with Gasteiger partial charge < -0.3 is 4.74 Å². The van der Waals surface area contributed by atoms with Crippen LogP contribution in [0.5, 0.6) is 11.8 Å². The number of halogens is 2. The molecule has 0 saturated carbocycles. The van der Waals surface area contributed by atoms with Crippen molar-refractivity contribution in [1.29, 1.82) is 0 Å². The molecule has 2 aromatic rings. The van der Waals surface area contributed by atoms with E-state index < -0.39 is 5.82 Å². The van der Waals surface area contributed by atoms with Crippen molar-refractivity contribution in [3.05, 3.63) is 47.5 Å². The lowest BCUT2D eigenvalue weighted by Crippen LogP contribution is -1.98. The SMILES string of the molecule is Cc1nc(Oc2ccccc2F)ncc1CCl. The summed E-state index contributed by atoms with van der Waals surface area (Å²) in [6.45, 7) is 1.80. The fourth-order valence-corrected chi connectivity index (χ4v) is 1.54. The van der Waals surface area contributed by atoms with E-state index in [4.69, 9.17) is 16.3 Å². The molecule has 5 heteroatoms. The average molecular weight is 253 g/mol. The van der Waals surface area contributed by atoms with Crippen molar-refractivity contribution >= 4 is 11.6 Å². The third kappa shape index (κ3) is 2.71. The molecule has 0 radical (unpaired) electrons. The van der Waals surface area contributed by atoms with E-state index in [1.165, 1.54) is 12.1 Å². The fourth-order valence-electron chi connectivity index (χ4n) is 1.28. The van der Waals surface area contributed by atoms with Crippen LogP contribution >= 0.6 is 11.6 Å². The number of alkyl halides is 1. The third-order valence-electron chi connectivity index (χ3n) is 2.24. The van der Waals surface area contributed by atoms with Crippen LogP contribution in [0.4, 0.5) is 4.39 Å². The van der Waals surface area contributed by atoms with Gasteiger partial charge in [0.1, 0.15) is 0 Å². The molecule has 0 unspecified atom stereocenters. The highest BCUT2D eigenvalue weighted by Crippen LogP contribution is 2.21. The van der Waals surface area contributed by atoms with Crippen molar-refractivity contribution in [3.63, 3.8) is 0 Å². The Labute approximate surface area is 103 Å². The van der Waals surface area contributed by atoms with Gasteiger partial charge in [0.25, 0.3) is 0 Å². The Morgan fingerprint density at radius 1 is 1.35 bits per heavy atom. The zero-order valence-corrected chi connectivity index (χ0v) is 9.91. The van der Waals surface area contributed by atoms with Crippen LogP contribution < -0.4 is 4.74 Å². The van der Waals surface area contributed by atoms with Crippen LogP contribution in [-0.4, -0.2) is 9.97 Å². The third-order valence-corrected chi connectivity index (χ3v) is 2.53. The second kappa shape index (κ2) is 5.10. The molecule has 3 nitrogen and oxygen atoms in total. The van der Waals surface area contributed by atoms with Crippen LogP contribution in [0.15, 0.2) is 30.5 Å². The van der Waals surface area contributed by atoms with Crippen molar-refractivity contribution in [1.82, 2.24) is 9.97 Å². The zero-order valence-electron chi connectivity index (χ0n) is 9.15. The smallest absolute Gasteiger partial charge is 0.322 e. The van der Waals surface area contributed by atoms with Gasteiger partial charge >= 0.3 is 6.01 Å². The monoisotopic (exact) mass is 252 g/mol. The lowest BCUT2D eigenvalue weighted by atomic mass is 10.3. The van der Waals surface area contributed by atoms with Gasteiger partial charge in [-0.25, -0.2) is 9.37 Å². The maximum atomic E-state index is 13.3. The van der Waals surface area contributed by atoms with Crippen LogP contribution in [-0.2, 0) is 5.88 Å². The number of ether oxygens (including phenoxy) is 1. The van der Waals surface area contributed by atoms with Crippen molar-refractivity contribution < 1.29 is 9.13 Å². The van der Waals surface area contributed by atoms with Gasteiger partial charge in [-0.1, -0.05) is 12.1 Å². The Hall–Kier alpha value is -1.68. The van der Waals surface area contributed by atoms with Crippen molar-refractivity contribution in [2.45, 2.75) is 12.8 Å². The summed E-state index contributed by atoms with van der Waals surface area (Å²) < 4.78 is 18.6. The van der Waals surface area contributed by atoms with Crippen LogP contribution in [0, 0.1) is 12.7 Å². The summed E-state index contributed by atoms with van der Waals surface area (Å²) in [4.78, 5) is 8.06.